The number of carbonyl (C=O) groups excluding carboxylic acids is 1. The van der Waals surface area contributed by atoms with E-state index in [0.717, 1.165) is 0 Å². The number of benzene rings is 1. The topological polar surface area (TPSA) is 60.7 Å². The molecule has 0 unspecified atom stereocenters. The number of methoxy groups -OCH3 is 2. The summed E-state index contributed by atoms with van der Waals surface area (Å²) >= 11 is 0. The minimum atomic E-state index is -0.273. The van der Waals surface area contributed by atoms with Crippen LogP contribution in [0.25, 0.3) is 11.0 Å². The van der Waals surface area contributed by atoms with Gasteiger partial charge < -0.3 is 19.2 Å². The molecule has 0 atom stereocenters. The molecule has 17 heavy (non-hydrogen) atoms. The van der Waals surface area contributed by atoms with Crippen molar-refractivity contribution in [3.63, 3.8) is 0 Å². The van der Waals surface area contributed by atoms with E-state index in [4.69, 9.17) is 13.9 Å². The van der Waals surface area contributed by atoms with E-state index in [0.29, 0.717) is 22.3 Å². The maximum atomic E-state index is 11.8. The molecule has 0 spiro atoms. The number of carbonyl (C=O) groups is 1. The molecule has 1 amide bonds. The summed E-state index contributed by atoms with van der Waals surface area (Å²) in [5, 5.41) is 3.17. The van der Waals surface area contributed by atoms with Gasteiger partial charge in [0.1, 0.15) is 16.9 Å². The minimum Gasteiger partial charge on any atom is -0.496 e. The lowest BCUT2D eigenvalue weighted by Gasteiger charge is -2.03. The molecule has 0 saturated heterocycles. The monoisotopic (exact) mass is 235 g/mol. The van der Waals surface area contributed by atoms with Crippen LogP contribution in [0, 0.1) is 0 Å². The van der Waals surface area contributed by atoms with Crippen LogP contribution in [0.15, 0.2) is 22.6 Å². The summed E-state index contributed by atoms with van der Waals surface area (Å²) in [6.07, 6.45) is 0. The highest BCUT2D eigenvalue weighted by molar-refractivity contribution is 6.10. The number of rotatable bonds is 3. The molecular weight excluding hydrogens is 222 g/mol. The van der Waals surface area contributed by atoms with Crippen molar-refractivity contribution in [2.24, 2.45) is 0 Å². The average Bonchev–Trinajstić information content (AvgIpc) is 2.75. The first-order valence-corrected chi connectivity index (χ1v) is 5.08. The first-order valence-electron chi connectivity index (χ1n) is 5.08. The van der Waals surface area contributed by atoms with E-state index in [2.05, 4.69) is 5.32 Å². The van der Waals surface area contributed by atoms with Crippen molar-refractivity contribution in [1.82, 2.24) is 5.32 Å². The van der Waals surface area contributed by atoms with Crippen LogP contribution in [-0.4, -0.2) is 27.2 Å². The summed E-state index contributed by atoms with van der Waals surface area (Å²) in [7, 11) is 4.55. The summed E-state index contributed by atoms with van der Waals surface area (Å²) in [5.74, 6) is 0.488. The number of fused-ring (bicyclic) bond motifs is 1. The van der Waals surface area contributed by atoms with Crippen LogP contribution >= 0.6 is 0 Å². The van der Waals surface area contributed by atoms with Gasteiger partial charge in [-0.1, -0.05) is 6.07 Å². The highest BCUT2D eigenvalue weighted by atomic mass is 16.6. The van der Waals surface area contributed by atoms with Gasteiger partial charge >= 0.3 is 0 Å². The number of furan rings is 1. The highest BCUT2D eigenvalue weighted by Gasteiger charge is 2.23. The summed E-state index contributed by atoms with van der Waals surface area (Å²) in [6, 6.07) is 5.31. The Morgan fingerprint density at radius 1 is 1.29 bits per heavy atom. The highest BCUT2D eigenvalue weighted by Crippen LogP contribution is 2.37. The van der Waals surface area contributed by atoms with Crippen molar-refractivity contribution < 1.29 is 18.7 Å². The lowest BCUT2D eigenvalue weighted by molar-refractivity contribution is 0.0959. The van der Waals surface area contributed by atoms with Crippen LogP contribution in [0.1, 0.15) is 10.4 Å². The molecule has 1 N–H and O–H groups in total. The lowest BCUT2D eigenvalue weighted by atomic mass is 10.1. The second-order valence-electron chi connectivity index (χ2n) is 3.38. The molecule has 5 heteroatoms. The Hall–Kier alpha value is -2.17. The number of hydrogen-bond donors (Lipinski definition) is 1. The quantitative estimate of drug-likeness (QED) is 0.881. The van der Waals surface area contributed by atoms with Gasteiger partial charge in [0.05, 0.1) is 19.6 Å². The fourth-order valence-corrected chi connectivity index (χ4v) is 1.74. The van der Waals surface area contributed by atoms with Crippen molar-refractivity contribution in [1.29, 1.82) is 0 Å². The molecular formula is C12H13NO4. The van der Waals surface area contributed by atoms with Gasteiger partial charge in [-0.2, -0.15) is 0 Å². The van der Waals surface area contributed by atoms with E-state index in [1.807, 2.05) is 0 Å². The van der Waals surface area contributed by atoms with Crippen LogP contribution in [0.3, 0.4) is 0 Å². The molecule has 2 aromatic rings. The van der Waals surface area contributed by atoms with Gasteiger partial charge in [-0.15, -0.1) is 0 Å². The second-order valence-corrected chi connectivity index (χ2v) is 3.38. The van der Waals surface area contributed by atoms with Gasteiger partial charge in [0.25, 0.3) is 11.9 Å². The molecule has 0 saturated carbocycles. The SMILES string of the molecule is CNC(=O)c1c(OC)oc2cccc(OC)c12. The molecule has 1 aromatic heterocycles. The second kappa shape index (κ2) is 4.37. The fourth-order valence-electron chi connectivity index (χ4n) is 1.74. The smallest absolute Gasteiger partial charge is 0.298 e. The van der Waals surface area contributed by atoms with Crippen LogP contribution in [-0.2, 0) is 0 Å². The number of ether oxygens (including phenoxy) is 2. The molecule has 2 rings (SSSR count). The molecule has 0 aliphatic rings. The molecule has 0 fully saturated rings. The molecule has 0 aliphatic heterocycles. The minimum absolute atomic E-state index is 0.184. The van der Waals surface area contributed by atoms with Crippen molar-refractivity contribution in [2.45, 2.75) is 0 Å². The van der Waals surface area contributed by atoms with Crippen LogP contribution in [0.5, 0.6) is 11.7 Å². The zero-order chi connectivity index (χ0) is 12.4. The van der Waals surface area contributed by atoms with E-state index in [1.54, 1.807) is 32.4 Å². The Balaban J connectivity index is 2.80. The molecule has 0 bridgehead atoms. The Bertz CT molecular complexity index is 559. The van der Waals surface area contributed by atoms with Gasteiger partial charge in [0.2, 0.25) is 0 Å². The zero-order valence-electron chi connectivity index (χ0n) is 9.87. The molecule has 90 valence electrons. The van der Waals surface area contributed by atoms with E-state index in [-0.39, 0.29) is 11.9 Å². The van der Waals surface area contributed by atoms with E-state index < -0.39 is 0 Å². The number of hydrogen-bond acceptors (Lipinski definition) is 4. The van der Waals surface area contributed by atoms with Gasteiger partial charge in [-0.05, 0) is 12.1 Å². The lowest BCUT2D eigenvalue weighted by Crippen LogP contribution is -2.18. The molecule has 1 aromatic carbocycles. The first-order chi connectivity index (χ1) is 8.22. The van der Waals surface area contributed by atoms with E-state index in [1.165, 1.54) is 7.11 Å². The third-order valence-corrected chi connectivity index (χ3v) is 2.50. The summed E-state index contributed by atoms with van der Waals surface area (Å²) < 4.78 is 15.7. The summed E-state index contributed by atoms with van der Waals surface area (Å²) in [5.41, 5.74) is 0.905. The Morgan fingerprint density at radius 2 is 2.06 bits per heavy atom. The normalized spacial score (nSPS) is 10.3. The van der Waals surface area contributed by atoms with Gasteiger partial charge in [-0.25, -0.2) is 0 Å². The van der Waals surface area contributed by atoms with Gasteiger partial charge in [0, 0.05) is 7.05 Å². The third-order valence-electron chi connectivity index (χ3n) is 2.50. The zero-order valence-corrected chi connectivity index (χ0v) is 9.87. The molecule has 5 nitrogen and oxygen atoms in total. The molecule has 1 heterocycles. The van der Waals surface area contributed by atoms with Crippen LogP contribution in [0.2, 0.25) is 0 Å². The maximum Gasteiger partial charge on any atom is 0.298 e. The third kappa shape index (κ3) is 1.69. The molecule has 0 aliphatic carbocycles. The predicted molar refractivity (Wildman–Crippen MR) is 62.7 cm³/mol. The average molecular weight is 235 g/mol. The van der Waals surface area contributed by atoms with Crippen molar-refractivity contribution >= 4 is 16.9 Å². The van der Waals surface area contributed by atoms with Crippen molar-refractivity contribution in [3.05, 3.63) is 23.8 Å². The fraction of sp³-hybridized carbons (Fsp3) is 0.250. The molecule has 0 radical (unpaired) electrons. The van der Waals surface area contributed by atoms with Crippen molar-refractivity contribution in [3.8, 4) is 11.7 Å². The number of nitrogens with one attached hydrogen (secondary N) is 1. The Kier molecular flexibility index (Phi) is 2.91. The van der Waals surface area contributed by atoms with Crippen molar-refractivity contribution in [2.75, 3.05) is 21.3 Å². The number of amides is 1. The van der Waals surface area contributed by atoms with Gasteiger partial charge in [-0.3, -0.25) is 4.79 Å². The Labute approximate surface area is 98.3 Å². The Morgan fingerprint density at radius 3 is 2.65 bits per heavy atom. The maximum absolute atomic E-state index is 11.8. The van der Waals surface area contributed by atoms with Gasteiger partial charge in [0.15, 0.2) is 0 Å². The summed E-state index contributed by atoms with van der Waals surface area (Å²) in [4.78, 5) is 11.8. The van der Waals surface area contributed by atoms with Crippen LogP contribution < -0.4 is 14.8 Å². The first kappa shape index (κ1) is 11.3. The standard InChI is InChI=1S/C12H13NO4/c1-13-11(14)10-9-7(15-2)5-4-6-8(9)17-12(10)16-3/h4-6H,1-3H3,(H,13,14). The van der Waals surface area contributed by atoms with Crippen LogP contribution in [0.4, 0.5) is 0 Å². The van der Waals surface area contributed by atoms with E-state index in [9.17, 15) is 4.79 Å². The largest absolute Gasteiger partial charge is 0.496 e. The summed E-state index contributed by atoms with van der Waals surface area (Å²) in [6.45, 7) is 0. The predicted octanol–water partition coefficient (Wildman–Crippen LogP) is 1.81. The van der Waals surface area contributed by atoms with E-state index >= 15 is 0 Å².